The van der Waals surface area contributed by atoms with Crippen LogP contribution in [0.4, 0.5) is 4.39 Å². The number of thiazole rings is 1. The van der Waals surface area contributed by atoms with Gasteiger partial charge in [-0.2, -0.15) is 0 Å². The molecule has 0 fully saturated rings. The van der Waals surface area contributed by atoms with E-state index in [1.54, 1.807) is 19.1 Å². The van der Waals surface area contributed by atoms with Crippen molar-refractivity contribution >= 4 is 28.9 Å². The Morgan fingerprint density at radius 1 is 1.45 bits per heavy atom. The van der Waals surface area contributed by atoms with E-state index in [-0.39, 0.29) is 17.3 Å². The quantitative estimate of drug-likeness (QED) is 0.586. The van der Waals surface area contributed by atoms with Crippen molar-refractivity contribution < 1.29 is 18.7 Å². The van der Waals surface area contributed by atoms with Crippen LogP contribution in [0.2, 0.25) is 4.47 Å². The van der Waals surface area contributed by atoms with Crippen molar-refractivity contribution in [1.82, 2.24) is 4.98 Å². The summed E-state index contributed by atoms with van der Waals surface area (Å²) in [6.45, 7) is 2.12. The topological polar surface area (TPSA) is 48.4 Å². The number of aromatic nitrogens is 1. The molecule has 0 unspecified atom stereocenters. The largest absolute Gasteiger partial charge is 0.490 e. The second kappa shape index (κ2) is 7.56. The highest BCUT2D eigenvalue weighted by Crippen LogP contribution is 2.25. The molecule has 118 valence electrons. The molecule has 0 N–H and O–H groups in total. The van der Waals surface area contributed by atoms with Crippen molar-refractivity contribution in [3.8, 4) is 5.75 Å². The van der Waals surface area contributed by atoms with Gasteiger partial charge in [-0.15, -0.1) is 11.3 Å². The van der Waals surface area contributed by atoms with Gasteiger partial charge in [0.05, 0.1) is 13.7 Å². The molecule has 1 heterocycles. The number of ether oxygens (including phenoxy) is 2. The molecule has 0 aliphatic carbocycles. The Bertz CT molecular complexity index is 655. The minimum Gasteiger partial charge on any atom is -0.490 e. The molecule has 4 nitrogen and oxygen atoms in total. The van der Waals surface area contributed by atoms with Crippen LogP contribution < -0.4 is 4.74 Å². The first-order valence-corrected chi connectivity index (χ1v) is 7.83. The Balaban J connectivity index is 1.93. The number of para-hydroxylation sites is 1. The number of benzene rings is 1. The summed E-state index contributed by atoms with van der Waals surface area (Å²) in [6.07, 6.45) is 1.17. The molecule has 0 amide bonds. The van der Waals surface area contributed by atoms with Crippen molar-refractivity contribution in [3.05, 3.63) is 44.6 Å². The molecule has 0 saturated carbocycles. The van der Waals surface area contributed by atoms with Gasteiger partial charge in [0, 0.05) is 4.88 Å². The van der Waals surface area contributed by atoms with Crippen molar-refractivity contribution in [3.63, 3.8) is 0 Å². The van der Waals surface area contributed by atoms with Crippen molar-refractivity contribution in [2.75, 3.05) is 13.7 Å². The number of methoxy groups -OCH3 is 1. The second-order valence-corrected chi connectivity index (χ2v) is 6.23. The summed E-state index contributed by atoms with van der Waals surface area (Å²) in [5.74, 6) is -0.627. The average Bonchev–Trinajstić information content (AvgIpc) is 2.86. The number of hydrogen-bond acceptors (Lipinski definition) is 5. The molecule has 1 aromatic carbocycles. The number of hydrogen-bond donors (Lipinski definition) is 0. The zero-order valence-electron chi connectivity index (χ0n) is 12.2. The molecule has 0 atom stereocenters. The number of esters is 1. The minimum absolute atomic E-state index is 0.236. The van der Waals surface area contributed by atoms with Gasteiger partial charge in [-0.1, -0.05) is 23.7 Å². The summed E-state index contributed by atoms with van der Waals surface area (Å²) in [6, 6.07) is 4.79. The fourth-order valence-electron chi connectivity index (χ4n) is 1.96. The lowest BCUT2D eigenvalue weighted by Gasteiger charge is -2.09. The highest BCUT2D eigenvalue weighted by Gasteiger charge is 2.17. The molecule has 0 aliphatic heterocycles. The molecule has 0 aliphatic rings. The van der Waals surface area contributed by atoms with Crippen LogP contribution in [0.5, 0.6) is 5.75 Å². The molecule has 2 rings (SSSR count). The molecule has 0 spiro atoms. The van der Waals surface area contributed by atoms with Crippen LogP contribution in [-0.2, 0) is 11.2 Å². The van der Waals surface area contributed by atoms with Crippen LogP contribution in [0.15, 0.2) is 18.2 Å². The normalized spacial score (nSPS) is 10.5. The third-order valence-electron chi connectivity index (χ3n) is 3.01. The zero-order valence-corrected chi connectivity index (χ0v) is 13.8. The van der Waals surface area contributed by atoms with Crippen molar-refractivity contribution in [2.24, 2.45) is 0 Å². The Morgan fingerprint density at radius 2 is 2.23 bits per heavy atom. The van der Waals surface area contributed by atoms with Crippen LogP contribution in [0, 0.1) is 12.7 Å². The van der Waals surface area contributed by atoms with E-state index in [1.807, 2.05) is 0 Å². The predicted molar refractivity (Wildman–Crippen MR) is 83.4 cm³/mol. The van der Waals surface area contributed by atoms with Gasteiger partial charge < -0.3 is 9.47 Å². The average molecular weight is 344 g/mol. The Morgan fingerprint density at radius 3 is 2.91 bits per heavy atom. The summed E-state index contributed by atoms with van der Waals surface area (Å²) >= 11 is 7.07. The molecule has 2 aromatic rings. The SMILES string of the molecule is COC(=O)c1nc(Cl)sc1CCCOc1c(C)cccc1F. The van der Waals surface area contributed by atoms with Gasteiger partial charge in [-0.05, 0) is 31.4 Å². The summed E-state index contributed by atoms with van der Waals surface area (Å²) in [4.78, 5) is 16.3. The minimum atomic E-state index is -0.510. The lowest BCUT2D eigenvalue weighted by Crippen LogP contribution is -2.07. The molecule has 1 aromatic heterocycles. The standard InChI is InChI=1S/C15H15ClFNO3S/c1-9-5-3-6-10(17)13(9)21-8-4-7-11-12(14(19)20-2)18-15(16)22-11/h3,5-6H,4,7-8H2,1-2H3. The van der Waals surface area contributed by atoms with E-state index in [9.17, 15) is 9.18 Å². The van der Waals surface area contributed by atoms with Crippen LogP contribution in [0.25, 0.3) is 0 Å². The molecule has 0 radical (unpaired) electrons. The van der Waals surface area contributed by atoms with E-state index < -0.39 is 5.97 Å². The Kier molecular flexibility index (Phi) is 5.74. The van der Waals surface area contributed by atoms with Crippen LogP contribution in [0.1, 0.15) is 27.3 Å². The van der Waals surface area contributed by atoms with Crippen LogP contribution in [-0.4, -0.2) is 24.7 Å². The first-order valence-electron chi connectivity index (χ1n) is 6.64. The Labute approximate surface area is 136 Å². The van der Waals surface area contributed by atoms with Crippen molar-refractivity contribution in [1.29, 1.82) is 0 Å². The number of carbonyl (C=O) groups excluding carboxylic acids is 1. The highest BCUT2D eigenvalue weighted by molar-refractivity contribution is 7.16. The van der Waals surface area contributed by atoms with Gasteiger partial charge in [0.15, 0.2) is 21.7 Å². The number of rotatable bonds is 6. The lowest BCUT2D eigenvalue weighted by atomic mass is 10.2. The molecular formula is C15H15ClFNO3S. The highest BCUT2D eigenvalue weighted by atomic mass is 35.5. The number of aryl methyl sites for hydroxylation is 2. The fourth-order valence-corrected chi connectivity index (χ4v) is 3.13. The first kappa shape index (κ1) is 16.7. The maximum absolute atomic E-state index is 13.6. The maximum atomic E-state index is 13.6. The summed E-state index contributed by atoms with van der Waals surface area (Å²) in [7, 11) is 1.30. The third kappa shape index (κ3) is 3.96. The molecule has 7 heteroatoms. The van der Waals surface area contributed by atoms with Crippen LogP contribution in [0.3, 0.4) is 0 Å². The smallest absolute Gasteiger partial charge is 0.357 e. The Hall–Kier alpha value is -1.66. The van der Waals surface area contributed by atoms with Gasteiger partial charge in [0.1, 0.15) is 0 Å². The van der Waals surface area contributed by atoms with Gasteiger partial charge >= 0.3 is 5.97 Å². The molecule has 0 saturated heterocycles. The fraction of sp³-hybridized carbons (Fsp3) is 0.333. The van der Waals surface area contributed by atoms with E-state index in [0.717, 1.165) is 10.4 Å². The molecule has 0 bridgehead atoms. The van der Waals surface area contributed by atoms with Gasteiger partial charge in [0.25, 0.3) is 0 Å². The van der Waals surface area contributed by atoms with E-state index in [1.165, 1.54) is 24.5 Å². The van der Waals surface area contributed by atoms with Gasteiger partial charge in [0.2, 0.25) is 0 Å². The third-order valence-corrected chi connectivity index (χ3v) is 4.23. The van der Waals surface area contributed by atoms with Gasteiger partial charge in [-0.25, -0.2) is 14.2 Å². The monoisotopic (exact) mass is 343 g/mol. The predicted octanol–water partition coefficient (Wildman–Crippen LogP) is 4.04. The van der Waals surface area contributed by atoms with E-state index in [2.05, 4.69) is 9.72 Å². The molecular weight excluding hydrogens is 329 g/mol. The van der Waals surface area contributed by atoms with Crippen molar-refractivity contribution in [2.45, 2.75) is 19.8 Å². The first-order chi connectivity index (χ1) is 10.5. The van der Waals surface area contributed by atoms with E-state index >= 15 is 0 Å². The molecule has 22 heavy (non-hydrogen) atoms. The number of nitrogens with zero attached hydrogens (tertiary/aromatic N) is 1. The van der Waals surface area contributed by atoms with E-state index in [0.29, 0.717) is 23.9 Å². The number of carbonyl (C=O) groups is 1. The second-order valence-electron chi connectivity index (χ2n) is 4.57. The van der Waals surface area contributed by atoms with Crippen LogP contribution >= 0.6 is 22.9 Å². The van der Waals surface area contributed by atoms with Gasteiger partial charge in [-0.3, -0.25) is 0 Å². The lowest BCUT2D eigenvalue weighted by molar-refractivity contribution is 0.0593. The van der Waals surface area contributed by atoms with E-state index in [4.69, 9.17) is 16.3 Å². The summed E-state index contributed by atoms with van der Waals surface area (Å²) in [5, 5.41) is 0. The summed E-state index contributed by atoms with van der Waals surface area (Å²) in [5.41, 5.74) is 0.982. The number of halogens is 2. The zero-order chi connectivity index (χ0) is 16.1. The summed E-state index contributed by atoms with van der Waals surface area (Å²) < 4.78 is 24.0. The maximum Gasteiger partial charge on any atom is 0.357 e.